The number of carbonyl (C=O) groups excluding carboxylic acids is 1. The van der Waals surface area contributed by atoms with Gasteiger partial charge in [0.05, 0.1) is 0 Å². The molecule has 112 valence electrons. The van der Waals surface area contributed by atoms with Crippen LogP contribution in [-0.4, -0.2) is 54.4 Å². The van der Waals surface area contributed by atoms with Gasteiger partial charge in [0.2, 0.25) is 0 Å². The summed E-state index contributed by atoms with van der Waals surface area (Å²) in [6.45, 7) is 8.89. The van der Waals surface area contributed by atoms with Crippen LogP contribution in [-0.2, 0) is 9.53 Å². The Labute approximate surface area is 115 Å². The number of nitrogens with zero attached hydrogens (tertiary/aromatic N) is 1. The number of carbonyl (C=O) groups is 2. The summed E-state index contributed by atoms with van der Waals surface area (Å²) >= 11 is 0. The van der Waals surface area contributed by atoms with Gasteiger partial charge >= 0.3 is 12.0 Å². The van der Waals surface area contributed by atoms with Crippen LogP contribution in [0.25, 0.3) is 0 Å². The highest BCUT2D eigenvalue weighted by Gasteiger charge is 2.34. The van der Waals surface area contributed by atoms with Crippen molar-refractivity contribution >= 4 is 12.0 Å². The highest BCUT2D eigenvalue weighted by molar-refractivity contribution is 5.85. The van der Waals surface area contributed by atoms with Crippen molar-refractivity contribution in [2.45, 2.75) is 39.7 Å². The summed E-state index contributed by atoms with van der Waals surface area (Å²) in [6, 6.07) is -0.392. The van der Waals surface area contributed by atoms with Gasteiger partial charge in [-0.15, -0.1) is 0 Å². The van der Waals surface area contributed by atoms with Crippen molar-refractivity contribution in [2.75, 3.05) is 26.8 Å². The molecule has 0 aliphatic heterocycles. The maximum atomic E-state index is 11.7. The van der Waals surface area contributed by atoms with Crippen LogP contribution in [0.4, 0.5) is 4.79 Å². The number of ether oxygens (including phenoxy) is 1. The number of nitrogens with one attached hydrogen (secondary N) is 1. The van der Waals surface area contributed by atoms with Gasteiger partial charge in [-0.05, 0) is 26.2 Å². The minimum Gasteiger partial charge on any atom is -0.480 e. The van der Waals surface area contributed by atoms with Crippen LogP contribution in [0.15, 0.2) is 0 Å². The summed E-state index contributed by atoms with van der Waals surface area (Å²) in [5.41, 5.74) is -1.22. The Morgan fingerprint density at radius 2 is 1.95 bits per heavy atom. The van der Waals surface area contributed by atoms with Crippen LogP contribution in [0.1, 0.15) is 34.1 Å². The van der Waals surface area contributed by atoms with E-state index in [-0.39, 0.29) is 0 Å². The Kier molecular flexibility index (Phi) is 7.44. The van der Waals surface area contributed by atoms with Gasteiger partial charge in [0, 0.05) is 26.8 Å². The first-order chi connectivity index (χ1) is 8.69. The third-order valence-corrected chi connectivity index (χ3v) is 2.86. The SMILES string of the molecule is CC(C)COCCCNC(=O)N(C)C(C)(C)C(=O)O. The molecule has 0 aromatic heterocycles. The molecule has 0 saturated carbocycles. The largest absolute Gasteiger partial charge is 0.480 e. The highest BCUT2D eigenvalue weighted by Crippen LogP contribution is 2.12. The van der Waals surface area contributed by atoms with E-state index in [1.54, 1.807) is 0 Å². The van der Waals surface area contributed by atoms with Gasteiger partial charge in [-0.1, -0.05) is 13.8 Å². The number of hydrogen-bond acceptors (Lipinski definition) is 3. The van der Waals surface area contributed by atoms with Crippen LogP contribution in [0, 0.1) is 5.92 Å². The molecule has 6 heteroatoms. The normalized spacial score (nSPS) is 11.5. The van der Waals surface area contributed by atoms with E-state index in [0.717, 1.165) is 0 Å². The summed E-state index contributed by atoms with van der Waals surface area (Å²) in [5, 5.41) is 11.7. The van der Waals surface area contributed by atoms with E-state index in [9.17, 15) is 9.59 Å². The second kappa shape index (κ2) is 7.99. The molecule has 0 aliphatic rings. The molecule has 0 atom stereocenters. The second-order valence-electron chi connectivity index (χ2n) is 5.48. The maximum Gasteiger partial charge on any atom is 0.329 e. The highest BCUT2D eigenvalue weighted by atomic mass is 16.5. The molecule has 0 fully saturated rings. The molecule has 2 amide bonds. The summed E-state index contributed by atoms with van der Waals surface area (Å²) in [4.78, 5) is 23.9. The number of urea groups is 1. The fourth-order valence-corrected chi connectivity index (χ4v) is 1.20. The van der Waals surface area contributed by atoms with Crippen LogP contribution in [0.5, 0.6) is 0 Å². The van der Waals surface area contributed by atoms with Crippen molar-refractivity contribution in [2.24, 2.45) is 5.92 Å². The van der Waals surface area contributed by atoms with Crippen molar-refractivity contribution in [1.29, 1.82) is 0 Å². The number of likely N-dealkylation sites (N-methyl/N-ethyl adjacent to an activating group) is 1. The van der Waals surface area contributed by atoms with Gasteiger partial charge in [0.25, 0.3) is 0 Å². The molecule has 0 bridgehead atoms. The molecule has 2 N–H and O–H groups in total. The fraction of sp³-hybridized carbons (Fsp3) is 0.846. The summed E-state index contributed by atoms with van der Waals surface area (Å²) in [7, 11) is 1.47. The standard InChI is InChI=1S/C13H26N2O4/c1-10(2)9-19-8-6-7-14-12(18)15(5)13(3,4)11(16)17/h10H,6-9H2,1-5H3,(H,14,18)(H,16,17). The van der Waals surface area contributed by atoms with Crippen molar-refractivity contribution in [3.05, 3.63) is 0 Å². The number of rotatable bonds is 8. The Morgan fingerprint density at radius 3 is 2.42 bits per heavy atom. The Balaban J connectivity index is 3.90. The number of hydrogen-bond donors (Lipinski definition) is 2. The van der Waals surface area contributed by atoms with E-state index in [1.165, 1.54) is 25.8 Å². The smallest absolute Gasteiger partial charge is 0.329 e. The molecule has 0 rings (SSSR count). The molecule has 0 spiro atoms. The zero-order valence-corrected chi connectivity index (χ0v) is 12.5. The predicted octanol–water partition coefficient (Wildman–Crippen LogP) is 1.55. The molecule has 0 saturated heterocycles. The van der Waals surface area contributed by atoms with Gasteiger partial charge < -0.3 is 20.1 Å². The zero-order valence-electron chi connectivity index (χ0n) is 12.5. The quantitative estimate of drug-likeness (QED) is 0.658. The van der Waals surface area contributed by atoms with Gasteiger partial charge in [-0.3, -0.25) is 0 Å². The summed E-state index contributed by atoms with van der Waals surface area (Å²) in [6.07, 6.45) is 0.708. The Bertz CT molecular complexity index is 303. The number of carboxylic acid groups (broad SMARTS) is 1. The monoisotopic (exact) mass is 274 g/mol. The van der Waals surface area contributed by atoms with E-state index in [4.69, 9.17) is 9.84 Å². The number of carboxylic acids is 1. The molecule has 0 aromatic rings. The van der Waals surface area contributed by atoms with E-state index < -0.39 is 17.5 Å². The molecule has 6 nitrogen and oxygen atoms in total. The average Bonchev–Trinajstić information content (AvgIpc) is 2.31. The summed E-state index contributed by atoms with van der Waals surface area (Å²) in [5.74, 6) is -0.539. The molecule has 0 aromatic carbocycles. The van der Waals surface area contributed by atoms with Gasteiger partial charge in [0.1, 0.15) is 5.54 Å². The van der Waals surface area contributed by atoms with Crippen LogP contribution < -0.4 is 5.32 Å². The van der Waals surface area contributed by atoms with Crippen LogP contribution >= 0.6 is 0 Å². The van der Waals surface area contributed by atoms with Crippen molar-refractivity contribution in [3.63, 3.8) is 0 Å². The van der Waals surface area contributed by atoms with Crippen LogP contribution in [0.2, 0.25) is 0 Å². The third kappa shape index (κ3) is 6.42. The van der Waals surface area contributed by atoms with E-state index in [1.807, 2.05) is 0 Å². The van der Waals surface area contributed by atoms with E-state index in [2.05, 4.69) is 19.2 Å². The Morgan fingerprint density at radius 1 is 1.37 bits per heavy atom. The van der Waals surface area contributed by atoms with E-state index >= 15 is 0 Å². The summed E-state index contributed by atoms with van der Waals surface area (Å²) < 4.78 is 5.38. The van der Waals surface area contributed by atoms with Gasteiger partial charge in [-0.25, -0.2) is 9.59 Å². The average molecular weight is 274 g/mol. The first-order valence-electron chi connectivity index (χ1n) is 6.52. The minimum absolute atomic E-state index is 0.392. The predicted molar refractivity (Wildman–Crippen MR) is 73.2 cm³/mol. The van der Waals surface area contributed by atoms with Crippen molar-refractivity contribution in [3.8, 4) is 0 Å². The maximum absolute atomic E-state index is 11.7. The molecule has 19 heavy (non-hydrogen) atoms. The van der Waals surface area contributed by atoms with Gasteiger partial charge in [0.15, 0.2) is 0 Å². The molecule has 0 radical (unpaired) electrons. The molecular weight excluding hydrogens is 248 g/mol. The van der Waals surface area contributed by atoms with Crippen LogP contribution in [0.3, 0.4) is 0 Å². The van der Waals surface area contributed by atoms with Crippen molar-refractivity contribution < 1.29 is 19.4 Å². The molecule has 0 heterocycles. The molecule has 0 unspecified atom stereocenters. The second-order valence-corrected chi connectivity index (χ2v) is 5.48. The molecule has 0 aliphatic carbocycles. The minimum atomic E-state index is -1.22. The lowest BCUT2D eigenvalue weighted by molar-refractivity contribution is -0.146. The fourth-order valence-electron chi connectivity index (χ4n) is 1.20. The lowest BCUT2D eigenvalue weighted by Crippen LogP contribution is -2.54. The number of aliphatic carboxylic acids is 1. The lowest BCUT2D eigenvalue weighted by Gasteiger charge is -2.31. The first kappa shape index (κ1) is 17.7. The number of amides is 2. The third-order valence-electron chi connectivity index (χ3n) is 2.86. The van der Waals surface area contributed by atoms with Gasteiger partial charge in [-0.2, -0.15) is 0 Å². The zero-order chi connectivity index (χ0) is 15.1. The Hall–Kier alpha value is -1.30. The van der Waals surface area contributed by atoms with E-state index in [0.29, 0.717) is 32.1 Å². The molecular formula is C13H26N2O4. The topological polar surface area (TPSA) is 78.9 Å². The lowest BCUT2D eigenvalue weighted by atomic mass is 10.1. The van der Waals surface area contributed by atoms with Crippen molar-refractivity contribution in [1.82, 2.24) is 10.2 Å². The first-order valence-corrected chi connectivity index (χ1v) is 6.52.